The molecule has 7 aliphatic rings. The van der Waals surface area contributed by atoms with Gasteiger partial charge in [0.25, 0.3) is 0 Å². The molecule has 14 nitrogen and oxygen atoms in total. The summed E-state index contributed by atoms with van der Waals surface area (Å²) in [4.78, 5) is 31.7. The van der Waals surface area contributed by atoms with Crippen LogP contribution in [0.25, 0.3) is 0 Å². The van der Waals surface area contributed by atoms with Crippen LogP contribution in [0.5, 0.6) is 40.2 Å². The number of hydrogen-bond donors (Lipinski definition) is 4. The normalized spacial score (nSPS) is 29.4. The third-order valence-electron chi connectivity index (χ3n) is 12.3. The summed E-state index contributed by atoms with van der Waals surface area (Å²) in [5, 5.41) is 38.2. The number of ether oxygens (including phenoxy) is 6. The zero-order valence-corrected chi connectivity index (χ0v) is 31.7. The molecule has 0 radical (unpaired) electrons. The van der Waals surface area contributed by atoms with Crippen LogP contribution < -0.4 is 29.0 Å². The number of benzene rings is 3. The molecule has 286 valence electrons. The van der Waals surface area contributed by atoms with E-state index in [2.05, 4.69) is 10.2 Å². The maximum absolute atomic E-state index is 14.7. The Kier molecular flexibility index (Phi) is 8.21. The summed E-state index contributed by atoms with van der Waals surface area (Å²) in [6, 6.07) is 3.13. The Hall–Kier alpha value is -4.41. The van der Waals surface area contributed by atoms with Gasteiger partial charge in [-0.2, -0.15) is 0 Å². The maximum Gasteiger partial charge on any atom is 0.331 e. The number of carbonyl (C=O) groups is 2. The van der Waals surface area contributed by atoms with Crippen LogP contribution in [0, 0.1) is 13.8 Å². The molecule has 4 N–H and O–H groups in total. The van der Waals surface area contributed by atoms with Crippen molar-refractivity contribution in [1.82, 2.24) is 15.1 Å². The highest BCUT2D eigenvalue weighted by atomic mass is 32.2. The van der Waals surface area contributed by atoms with Crippen LogP contribution in [0.3, 0.4) is 0 Å². The van der Waals surface area contributed by atoms with Crippen molar-refractivity contribution in [3.8, 4) is 40.2 Å². The number of aryl methyl sites for hydroxylation is 1. The van der Waals surface area contributed by atoms with Gasteiger partial charge in [-0.1, -0.05) is 6.07 Å². The number of likely N-dealkylation sites (N-methyl/N-ethyl adjacent to an activating group) is 1. The number of methoxy groups -OCH3 is 2. The first-order valence-electron chi connectivity index (χ1n) is 18.1. The summed E-state index contributed by atoms with van der Waals surface area (Å²) >= 11 is 1.47. The Morgan fingerprint density at radius 1 is 1.02 bits per heavy atom. The molecule has 3 aromatic carbocycles. The van der Waals surface area contributed by atoms with E-state index in [4.69, 9.17) is 28.4 Å². The largest absolute Gasteiger partial charge is 0.504 e. The van der Waals surface area contributed by atoms with Crippen molar-refractivity contribution in [2.24, 2.45) is 0 Å². The van der Waals surface area contributed by atoms with Gasteiger partial charge in [-0.15, -0.1) is 11.8 Å². The number of nitrogens with zero attached hydrogens (tertiary/aromatic N) is 2. The molecular weight excluding hydrogens is 719 g/mol. The van der Waals surface area contributed by atoms with Gasteiger partial charge in [0.05, 0.1) is 37.6 Å². The fourth-order valence-corrected chi connectivity index (χ4v) is 11.7. The highest BCUT2D eigenvalue weighted by molar-refractivity contribution is 7.99. The molecule has 0 aromatic heterocycles. The van der Waals surface area contributed by atoms with Gasteiger partial charge < -0.3 is 43.7 Å². The summed E-state index contributed by atoms with van der Waals surface area (Å²) in [5.41, 5.74) is 4.36. The number of nitrogens with one attached hydrogen (secondary N) is 1. The van der Waals surface area contributed by atoms with Crippen LogP contribution in [0.2, 0.25) is 0 Å². The molecule has 0 aliphatic carbocycles. The van der Waals surface area contributed by atoms with Crippen molar-refractivity contribution < 1.29 is 53.3 Å². The van der Waals surface area contributed by atoms with Gasteiger partial charge in [0, 0.05) is 47.5 Å². The lowest BCUT2D eigenvalue weighted by atomic mass is 9.73. The molecule has 0 amide bonds. The Balaban J connectivity index is 1.32. The molecule has 1 spiro atoms. The third-order valence-corrected chi connectivity index (χ3v) is 13.7. The second-order valence-corrected chi connectivity index (χ2v) is 16.1. The molecule has 4 bridgehead atoms. The number of aliphatic hydroxyl groups excluding tert-OH is 1. The standard InChI is InChI=1S/C39H43N3O11S/c1-16-9-20-10-22-37(46)42-23-13-50-38(47)39(21-12-25(48-5)24(44)11-19(21)7-8-40-39)14-54-36(30(42)29(41(22)4)26(20)31(45)32(16)49-6)28-27(23)35-34(51-15-52-35)17(2)33(28)53-18(3)43/h9,11-12,22-23,29-30,36-37,40,44-46H,7-8,10,13-15H2,1-6H3/t22-,23+,29-,30-,36-,37+,39-/m1/s1. The number of thioether (sulfide) groups is 1. The van der Waals surface area contributed by atoms with E-state index in [1.165, 1.54) is 32.9 Å². The van der Waals surface area contributed by atoms with Gasteiger partial charge in [0.2, 0.25) is 6.79 Å². The number of carbonyl (C=O) groups excluding carboxylic acids is 2. The molecule has 10 rings (SSSR count). The molecule has 2 saturated heterocycles. The Bertz CT molecular complexity index is 2130. The molecule has 0 unspecified atom stereocenters. The second-order valence-electron chi connectivity index (χ2n) is 14.9. The highest BCUT2D eigenvalue weighted by Gasteiger charge is 2.61. The van der Waals surface area contributed by atoms with Crippen LogP contribution in [0.4, 0.5) is 0 Å². The molecule has 7 atom stereocenters. The van der Waals surface area contributed by atoms with Crippen LogP contribution in [-0.2, 0) is 32.7 Å². The van der Waals surface area contributed by atoms with E-state index >= 15 is 0 Å². The van der Waals surface area contributed by atoms with Crippen molar-refractivity contribution >= 4 is 23.7 Å². The lowest BCUT2D eigenvalue weighted by molar-refractivity contribution is -0.186. The van der Waals surface area contributed by atoms with Crippen molar-refractivity contribution in [2.45, 2.75) is 74.8 Å². The highest BCUT2D eigenvalue weighted by Crippen LogP contribution is 2.64. The number of phenolic OH excluding ortho intramolecular Hbond substituents is 2. The van der Waals surface area contributed by atoms with Crippen LogP contribution >= 0.6 is 11.8 Å². The number of piperazine rings is 1. The summed E-state index contributed by atoms with van der Waals surface area (Å²) in [6.07, 6.45) is -0.0282. The topological polar surface area (TPSA) is 169 Å². The minimum absolute atomic E-state index is 0.0226. The van der Waals surface area contributed by atoms with E-state index in [0.717, 1.165) is 16.7 Å². The second kappa shape index (κ2) is 12.6. The van der Waals surface area contributed by atoms with Crippen LogP contribution in [0.15, 0.2) is 18.2 Å². The van der Waals surface area contributed by atoms with E-state index in [-0.39, 0.29) is 42.4 Å². The summed E-state index contributed by atoms with van der Waals surface area (Å²) in [7, 11) is 4.96. The average Bonchev–Trinajstić information content (AvgIpc) is 3.63. The molecule has 0 saturated carbocycles. The Morgan fingerprint density at radius 3 is 2.54 bits per heavy atom. The SMILES string of the molecule is COc1cc2c(cc1O)CCN[C@]21CS[C@@H]2c3c(OC(C)=O)c(C)c4c(c3[C@H](COC1=O)N1[C@@H]2[C@H]2c3c(cc(C)c(OC)c3O)C[C@H]([C@@H]1O)N2C)OCO4. The van der Waals surface area contributed by atoms with Crippen LogP contribution in [0.1, 0.15) is 68.8 Å². The molecule has 3 aromatic rings. The molecular formula is C39H43N3O11S. The zero-order chi connectivity index (χ0) is 38.0. The summed E-state index contributed by atoms with van der Waals surface area (Å²) < 4.78 is 35.9. The van der Waals surface area contributed by atoms with E-state index in [1.54, 1.807) is 12.1 Å². The van der Waals surface area contributed by atoms with E-state index in [9.17, 15) is 24.9 Å². The number of aromatic hydroxyl groups is 2. The minimum atomic E-state index is -1.36. The number of rotatable bonds is 3. The number of fused-ring (bicyclic) bond motifs is 9. The number of aliphatic hydroxyl groups is 1. The molecule has 7 aliphatic heterocycles. The number of esters is 2. The minimum Gasteiger partial charge on any atom is -0.504 e. The fourth-order valence-electron chi connectivity index (χ4n) is 10.00. The number of phenols is 2. The van der Waals surface area contributed by atoms with E-state index < -0.39 is 47.1 Å². The molecule has 54 heavy (non-hydrogen) atoms. The first-order chi connectivity index (χ1) is 25.9. The van der Waals surface area contributed by atoms with Gasteiger partial charge in [-0.05, 0) is 68.1 Å². The monoisotopic (exact) mass is 761 g/mol. The van der Waals surface area contributed by atoms with Gasteiger partial charge >= 0.3 is 11.9 Å². The number of hydrogen-bond acceptors (Lipinski definition) is 15. The predicted octanol–water partition coefficient (Wildman–Crippen LogP) is 3.41. The molecule has 15 heteroatoms. The van der Waals surface area contributed by atoms with Gasteiger partial charge in [0.1, 0.15) is 18.6 Å². The average molecular weight is 762 g/mol. The van der Waals surface area contributed by atoms with Gasteiger partial charge in [0.15, 0.2) is 40.0 Å². The zero-order valence-electron chi connectivity index (χ0n) is 30.8. The third kappa shape index (κ3) is 4.74. The first-order valence-corrected chi connectivity index (χ1v) is 19.1. The first kappa shape index (κ1) is 35.3. The molecule has 7 heterocycles. The molecule has 2 fully saturated rings. The Morgan fingerprint density at radius 2 is 1.80 bits per heavy atom. The van der Waals surface area contributed by atoms with Crippen molar-refractivity contribution in [2.75, 3.05) is 47.0 Å². The Labute approximate surface area is 316 Å². The lowest BCUT2D eigenvalue weighted by Gasteiger charge is -2.62. The van der Waals surface area contributed by atoms with E-state index in [0.29, 0.717) is 70.2 Å². The fraction of sp³-hybridized carbons (Fsp3) is 0.487. The van der Waals surface area contributed by atoms with Crippen molar-refractivity contribution in [3.63, 3.8) is 0 Å². The van der Waals surface area contributed by atoms with Gasteiger partial charge in [-0.3, -0.25) is 19.9 Å². The smallest absolute Gasteiger partial charge is 0.331 e. The lowest BCUT2D eigenvalue weighted by Crippen LogP contribution is -2.70. The quantitative estimate of drug-likeness (QED) is 0.226. The predicted molar refractivity (Wildman–Crippen MR) is 195 cm³/mol. The summed E-state index contributed by atoms with van der Waals surface area (Å²) in [5.74, 6) is 0.949. The van der Waals surface area contributed by atoms with Gasteiger partial charge in [-0.25, -0.2) is 4.79 Å². The van der Waals surface area contributed by atoms with E-state index in [1.807, 2.05) is 31.9 Å². The van der Waals surface area contributed by atoms with Crippen molar-refractivity contribution in [1.29, 1.82) is 0 Å². The van der Waals surface area contributed by atoms with Crippen molar-refractivity contribution in [3.05, 3.63) is 62.7 Å². The van der Waals surface area contributed by atoms with Crippen LogP contribution in [-0.4, -0.2) is 102 Å². The maximum atomic E-state index is 14.7. The summed E-state index contributed by atoms with van der Waals surface area (Å²) in [6.45, 7) is 5.26.